The van der Waals surface area contributed by atoms with Gasteiger partial charge in [-0.15, -0.1) is 4.83 Å². The van der Waals surface area contributed by atoms with Crippen LogP contribution in [0.25, 0.3) is 0 Å². The molecule has 0 aliphatic carbocycles. The third kappa shape index (κ3) is 4.61. The van der Waals surface area contributed by atoms with Crippen molar-refractivity contribution in [3.8, 4) is 0 Å². The van der Waals surface area contributed by atoms with Crippen LogP contribution in [0.4, 0.5) is 0 Å². The van der Waals surface area contributed by atoms with Crippen LogP contribution in [0.5, 0.6) is 0 Å². The minimum absolute atomic E-state index is 0.995. The van der Waals surface area contributed by atoms with Crippen molar-refractivity contribution in [2.45, 2.75) is 0 Å². The van der Waals surface area contributed by atoms with E-state index in [1.54, 1.807) is 0 Å². The lowest BCUT2D eigenvalue weighted by atomic mass is 11.4. The number of hydrogen-bond acceptors (Lipinski definition) is 5. The molecule has 5 N–H and O–H groups in total. The molecule has 0 aromatic carbocycles. The lowest BCUT2D eigenvalue weighted by molar-refractivity contribution is 0.115. The highest BCUT2D eigenvalue weighted by molar-refractivity contribution is 7.87. The Kier molecular flexibility index (Phi) is 3.71. The Morgan fingerprint density at radius 3 is 1.80 bits per heavy atom. The van der Waals surface area contributed by atoms with Crippen molar-refractivity contribution in [2.75, 3.05) is 14.1 Å². The van der Waals surface area contributed by atoms with Gasteiger partial charge in [0, 0.05) is 14.1 Å². The highest BCUT2D eigenvalue weighted by atomic mass is 32.2. The van der Waals surface area contributed by atoms with Crippen LogP contribution < -0.4 is 20.8 Å². The molecular formula is C2H11N5O2S. The van der Waals surface area contributed by atoms with Crippen LogP contribution in [-0.4, -0.2) is 27.7 Å². The molecule has 0 aromatic rings. The lowest BCUT2D eigenvalue weighted by Gasteiger charge is -2.17. The largest absolute Gasteiger partial charge is 0.289 e. The second-order valence-corrected chi connectivity index (χ2v) is 2.69. The van der Waals surface area contributed by atoms with Crippen LogP contribution in [0, 0.1) is 0 Å². The molecule has 0 heterocycles. The molecule has 0 saturated heterocycles. The Balaban J connectivity index is 3.87. The van der Waals surface area contributed by atoms with Gasteiger partial charge in [-0.05, 0) is 0 Å². The van der Waals surface area contributed by atoms with Gasteiger partial charge in [0.15, 0.2) is 0 Å². The van der Waals surface area contributed by atoms with E-state index in [9.17, 15) is 8.42 Å². The maximum absolute atomic E-state index is 10.3. The Hall–Kier alpha value is -0.250. The average Bonchev–Trinajstić information content (AvgIpc) is 1.81. The number of nitrogens with zero attached hydrogens (tertiary/aromatic N) is 1. The summed E-state index contributed by atoms with van der Waals surface area (Å²) >= 11 is 0. The third-order valence-electron chi connectivity index (χ3n) is 0.666. The summed E-state index contributed by atoms with van der Waals surface area (Å²) in [6, 6.07) is 0. The second-order valence-electron chi connectivity index (χ2n) is 1.42. The lowest BCUT2D eigenvalue weighted by Crippen LogP contribution is -2.56. The molecule has 0 aliphatic heterocycles. The van der Waals surface area contributed by atoms with E-state index < -0.39 is 10.2 Å². The molecule has 62 valence electrons. The molecule has 0 aliphatic rings. The summed E-state index contributed by atoms with van der Waals surface area (Å²) in [6.45, 7) is 0. The molecule has 0 spiro atoms. The molecule has 0 saturated carbocycles. The number of nitrogens with two attached hydrogens (primary N) is 1. The molecule has 0 atom stereocenters. The number of hydrogen-bond donors (Lipinski definition) is 4. The standard InChI is InChI=1S/C2H11N5O2S/c1-4-7(5-2)6-10(3,8)9/h4-6H,1-2H3,(H2,3,8,9). The smallest absolute Gasteiger partial charge is 0.229 e. The van der Waals surface area contributed by atoms with Crippen molar-refractivity contribution >= 4 is 10.2 Å². The normalized spacial score (nSPS) is 12.4. The van der Waals surface area contributed by atoms with Gasteiger partial charge in [-0.25, -0.2) is 16.0 Å². The molecule has 0 amide bonds. The van der Waals surface area contributed by atoms with E-state index in [4.69, 9.17) is 0 Å². The van der Waals surface area contributed by atoms with Crippen LogP contribution in [0.3, 0.4) is 0 Å². The zero-order chi connectivity index (χ0) is 8.20. The zero-order valence-corrected chi connectivity index (χ0v) is 6.57. The molecule has 7 nitrogen and oxygen atoms in total. The zero-order valence-electron chi connectivity index (χ0n) is 5.75. The average molecular weight is 169 g/mol. The highest BCUT2D eigenvalue weighted by Gasteiger charge is 2.05. The van der Waals surface area contributed by atoms with Gasteiger partial charge in [-0.2, -0.15) is 8.42 Å². The first-order valence-corrected chi connectivity index (χ1v) is 3.99. The molecule has 10 heavy (non-hydrogen) atoms. The van der Waals surface area contributed by atoms with Crippen LogP contribution in [-0.2, 0) is 10.2 Å². The third-order valence-corrected chi connectivity index (χ3v) is 1.10. The fourth-order valence-electron chi connectivity index (χ4n) is 0.330. The van der Waals surface area contributed by atoms with Crippen molar-refractivity contribution in [1.82, 2.24) is 20.9 Å². The first-order valence-electron chi connectivity index (χ1n) is 2.44. The summed E-state index contributed by atoms with van der Waals surface area (Å²) in [7, 11) is -0.652. The van der Waals surface area contributed by atoms with Gasteiger partial charge in [0.25, 0.3) is 10.2 Å². The van der Waals surface area contributed by atoms with Crippen LogP contribution in [0.1, 0.15) is 0 Å². The van der Waals surface area contributed by atoms with Gasteiger partial charge in [0.1, 0.15) is 0 Å². The van der Waals surface area contributed by atoms with Crippen molar-refractivity contribution in [3.63, 3.8) is 0 Å². The van der Waals surface area contributed by atoms with Crippen molar-refractivity contribution in [2.24, 2.45) is 5.14 Å². The quantitative estimate of drug-likeness (QED) is 0.342. The topological polar surface area (TPSA) is 99.5 Å². The Morgan fingerprint density at radius 1 is 1.30 bits per heavy atom. The molecule has 8 heteroatoms. The fourth-order valence-corrected chi connectivity index (χ4v) is 0.767. The van der Waals surface area contributed by atoms with Crippen LogP contribution >= 0.6 is 0 Å². The summed E-state index contributed by atoms with van der Waals surface area (Å²) in [5, 5.41) is 5.62. The monoisotopic (exact) mass is 169 g/mol. The van der Waals surface area contributed by atoms with Gasteiger partial charge in [-0.1, -0.05) is 5.23 Å². The highest BCUT2D eigenvalue weighted by Crippen LogP contribution is 1.67. The molecule has 0 radical (unpaired) electrons. The van der Waals surface area contributed by atoms with E-state index in [0.717, 1.165) is 5.23 Å². The molecular weight excluding hydrogens is 158 g/mol. The summed E-state index contributed by atoms with van der Waals surface area (Å²) in [5.41, 5.74) is 4.92. The van der Waals surface area contributed by atoms with Gasteiger partial charge >= 0.3 is 0 Å². The van der Waals surface area contributed by atoms with E-state index in [1.165, 1.54) is 14.1 Å². The van der Waals surface area contributed by atoms with Gasteiger partial charge in [-0.3, -0.25) is 0 Å². The summed E-state index contributed by atoms with van der Waals surface area (Å²) in [5.74, 6) is 0. The van der Waals surface area contributed by atoms with Crippen molar-refractivity contribution in [3.05, 3.63) is 0 Å². The minimum atomic E-state index is -3.70. The van der Waals surface area contributed by atoms with E-state index in [0.29, 0.717) is 0 Å². The van der Waals surface area contributed by atoms with Crippen molar-refractivity contribution in [1.29, 1.82) is 0 Å². The maximum Gasteiger partial charge on any atom is 0.289 e. The second kappa shape index (κ2) is 3.81. The number of rotatable bonds is 4. The fraction of sp³-hybridized carbons (Fsp3) is 1.00. The van der Waals surface area contributed by atoms with E-state index in [-0.39, 0.29) is 0 Å². The predicted molar refractivity (Wildman–Crippen MR) is 36.2 cm³/mol. The molecule has 0 fully saturated rings. The summed E-state index contributed by atoms with van der Waals surface area (Å²) < 4.78 is 20.6. The first kappa shape index (κ1) is 9.75. The summed E-state index contributed by atoms with van der Waals surface area (Å²) in [6.07, 6.45) is 0. The molecule has 0 aromatic heterocycles. The molecule has 0 unspecified atom stereocenters. The Labute approximate surface area is 59.7 Å². The minimum Gasteiger partial charge on any atom is -0.229 e. The van der Waals surface area contributed by atoms with Crippen molar-refractivity contribution < 1.29 is 8.42 Å². The maximum atomic E-state index is 10.3. The molecule has 0 rings (SSSR count). The van der Waals surface area contributed by atoms with Gasteiger partial charge < -0.3 is 0 Å². The van der Waals surface area contributed by atoms with Gasteiger partial charge in [0.05, 0.1) is 0 Å². The predicted octanol–water partition coefficient (Wildman–Crippen LogP) is -2.73. The summed E-state index contributed by atoms with van der Waals surface area (Å²) in [4.78, 5) is 1.92. The van der Waals surface area contributed by atoms with Crippen LogP contribution in [0.2, 0.25) is 0 Å². The SMILES string of the molecule is CNN(NC)NS(N)(=O)=O. The Morgan fingerprint density at radius 2 is 1.70 bits per heavy atom. The first-order chi connectivity index (χ1) is 4.49. The number of nitrogens with one attached hydrogen (secondary N) is 3. The van der Waals surface area contributed by atoms with E-state index in [1.807, 2.05) is 4.83 Å². The van der Waals surface area contributed by atoms with E-state index >= 15 is 0 Å². The Bertz CT molecular complexity index is 172. The molecule has 0 bridgehead atoms. The van der Waals surface area contributed by atoms with E-state index in [2.05, 4.69) is 16.0 Å². The van der Waals surface area contributed by atoms with Gasteiger partial charge in [0.2, 0.25) is 0 Å². The van der Waals surface area contributed by atoms with Crippen LogP contribution in [0.15, 0.2) is 0 Å². The number of hydrazine groups is 3.